The highest BCUT2D eigenvalue weighted by molar-refractivity contribution is 6.30. The molecule has 3 N–H and O–H groups in total. The van der Waals surface area contributed by atoms with Crippen LogP contribution in [0.4, 0.5) is 0 Å². The molecule has 2 unspecified atom stereocenters. The number of nitrogens with two attached hydrogens (primary N) is 1. The van der Waals surface area contributed by atoms with E-state index in [-0.39, 0.29) is 17.9 Å². The third-order valence-corrected chi connectivity index (χ3v) is 2.99. The van der Waals surface area contributed by atoms with Crippen molar-refractivity contribution in [1.82, 2.24) is 5.32 Å². The van der Waals surface area contributed by atoms with Crippen LogP contribution in [0.25, 0.3) is 0 Å². The quantitative estimate of drug-likeness (QED) is 0.848. The Hall–Kier alpha value is -1.06. The lowest BCUT2D eigenvalue weighted by Gasteiger charge is -2.17. The smallest absolute Gasteiger partial charge is 0.223 e. The number of carbonyl (C=O) groups is 1. The van der Waals surface area contributed by atoms with Crippen molar-refractivity contribution in [2.24, 2.45) is 11.7 Å². The number of hydrogen-bond donors (Lipinski definition) is 2. The van der Waals surface area contributed by atoms with Crippen molar-refractivity contribution in [3.05, 3.63) is 34.9 Å². The molecule has 3 nitrogen and oxygen atoms in total. The Morgan fingerprint density at radius 1 is 1.47 bits per heavy atom. The maximum atomic E-state index is 11.8. The van der Waals surface area contributed by atoms with E-state index in [9.17, 15) is 4.79 Å². The number of rotatable bonds is 5. The summed E-state index contributed by atoms with van der Waals surface area (Å²) in [4.78, 5) is 11.8. The van der Waals surface area contributed by atoms with Gasteiger partial charge in [-0.15, -0.1) is 0 Å². The van der Waals surface area contributed by atoms with E-state index in [1.54, 1.807) is 0 Å². The van der Waals surface area contributed by atoms with Crippen molar-refractivity contribution >= 4 is 17.5 Å². The topological polar surface area (TPSA) is 55.1 Å². The van der Waals surface area contributed by atoms with E-state index in [2.05, 4.69) is 5.32 Å². The molecule has 4 heteroatoms. The summed E-state index contributed by atoms with van der Waals surface area (Å²) in [6.45, 7) is 4.35. The molecule has 0 bridgehead atoms. The lowest BCUT2D eigenvalue weighted by Crippen LogP contribution is -2.32. The van der Waals surface area contributed by atoms with Crippen molar-refractivity contribution in [2.75, 3.05) is 6.54 Å². The van der Waals surface area contributed by atoms with Crippen LogP contribution in [0.1, 0.15) is 31.9 Å². The van der Waals surface area contributed by atoms with E-state index in [1.807, 2.05) is 38.1 Å². The van der Waals surface area contributed by atoms with Crippen LogP contribution in [0, 0.1) is 5.92 Å². The minimum Gasteiger partial charge on any atom is -0.349 e. The summed E-state index contributed by atoms with van der Waals surface area (Å²) in [5.41, 5.74) is 6.44. The average Bonchev–Trinajstić information content (AvgIpc) is 2.29. The fraction of sp³-hybridized carbons (Fsp3) is 0.462. The van der Waals surface area contributed by atoms with Gasteiger partial charge in [-0.2, -0.15) is 0 Å². The van der Waals surface area contributed by atoms with Crippen LogP contribution in [-0.4, -0.2) is 12.5 Å². The molecule has 0 aliphatic rings. The molecular formula is C13H19ClN2O. The molecule has 2 atom stereocenters. The monoisotopic (exact) mass is 254 g/mol. The van der Waals surface area contributed by atoms with Crippen molar-refractivity contribution in [1.29, 1.82) is 0 Å². The molecule has 0 saturated heterocycles. The molecule has 1 aromatic rings. The van der Waals surface area contributed by atoms with Crippen LogP contribution in [0.5, 0.6) is 0 Å². The number of nitrogens with one attached hydrogen (secondary N) is 1. The van der Waals surface area contributed by atoms with Gasteiger partial charge in [-0.05, 0) is 37.6 Å². The highest BCUT2D eigenvalue weighted by atomic mass is 35.5. The van der Waals surface area contributed by atoms with Gasteiger partial charge < -0.3 is 11.1 Å². The molecule has 0 spiro atoms. The SMILES string of the molecule is CC(CCN)C(=O)NC(C)c1cccc(Cl)c1. The molecule has 94 valence electrons. The normalized spacial score (nSPS) is 14.1. The Balaban J connectivity index is 2.60. The molecule has 1 aromatic carbocycles. The zero-order valence-electron chi connectivity index (χ0n) is 10.2. The Kier molecular flexibility index (Phi) is 5.45. The summed E-state index contributed by atoms with van der Waals surface area (Å²) in [5, 5.41) is 3.63. The summed E-state index contributed by atoms with van der Waals surface area (Å²) in [5.74, 6) is -0.0236. The van der Waals surface area contributed by atoms with E-state index < -0.39 is 0 Å². The van der Waals surface area contributed by atoms with E-state index in [4.69, 9.17) is 17.3 Å². The number of benzene rings is 1. The molecular weight excluding hydrogens is 236 g/mol. The summed E-state index contributed by atoms with van der Waals surface area (Å²) >= 11 is 5.91. The Morgan fingerprint density at radius 2 is 2.18 bits per heavy atom. The predicted molar refractivity (Wildman–Crippen MR) is 70.8 cm³/mol. The first kappa shape index (κ1) is 14.0. The second kappa shape index (κ2) is 6.62. The van der Waals surface area contributed by atoms with Crippen molar-refractivity contribution < 1.29 is 4.79 Å². The minimum absolute atomic E-state index is 0.0305. The van der Waals surface area contributed by atoms with E-state index >= 15 is 0 Å². The van der Waals surface area contributed by atoms with Crippen LogP contribution >= 0.6 is 11.6 Å². The highest BCUT2D eigenvalue weighted by Gasteiger charge is 2.15. The summed E-state index contributed by atoms with van der Waals surface area (Å²) in [6, 6.07) is 7.46. The van der Waals surface area contributed by atoms with Crippen molar-refractivity contribution in [3.63, 3.8) is 0 Å². The van der Waals surface area contributed by atoms with Gasteiger partial charge >= 0.3 is 0 Å². The number of amides is 1. The fourth-order valence-electron chi connectivity index (χ4n) is 1.60. The molecule has 1 rings (SSSR count). The van der Waals surface area contributed by atoms with E-state index in [1.165, 1.54) is 0 Å². The molecule has 0 aliphatic carbocycles. The van der Waals surface area contributed by atoms with Gasteiger partial charge in [0.2, 0.25) is 5.91 Å². The molecule has 17 heavy (non-hydrogen) atoms. The van der Waals surface area contributed by atoms with Crippen molar-refractivity contribution in [3.8, 4) is 0 Å². The third kappa shape index (κ3) is 4.36. The van der Waals surface area contributed by atoms with Crippen LogP contribution < -0.4 is 11.1 Å². The van der Waals surface area contributed by atoms with Crippen LogP contribution in [0.15, 0.2) is 24.3 Å². The van der Waals surface area contributed by atoms with Gasteiger partial charge in [0.05, 0.1) is 6.04 Å². The molecule has 1 amide bonds. The molecule has 0 aromatic heterocycles. The maximum absolute atomic E-state index is 11.8. The van der Waals surface area contributed by atoms with Gasteiger partial charge in [-0.3, -0.25) is 4.79 Å². The molecule has 0 saturated carbocycles. The Morgan fingerprint density at radius 3 is 2.76 bits per heavy atom. The number of hydrogen-bond acceptors (Lipinski definition) is 2. The molecule has 0 radical (unpaired) electrons. The highest BCUT2D eigenvalue weighted by Crippen LogP contribution is 2.17. The van der Waals surface area contributed by atoms with E-state index in [0.717, 1.165) is 5.56 Å². The maximum Gasteiger partial charge on any atom is 0.223 e. The second-order valence-corrected chi connectivity index (χ2v) is 4.70. The Labute approximate surface area is 107 Å². The first-order valence-corrected chi connectivity index (χ1v) is 6.18. The molecule has 0 aliphatic heterocycles. The second-order valence-electron chi connectivity index (χ2n) is 4.26. The number of carbonyl (C=O) groups excluding carboxylic acids is 1. The van der Waals surface area contributed by atoms with E-state index in [0.29, 0.717) is 18.0 Å². The summed E-state index contributed by atoms with van der Waals surface area (Å²) in [6.07, 6.45) is 0.702. The van der Waals surface area contributed by atoms with Gasteiger partial charge in [0.1, 0.15) is 0 Å². The summed E-state index contributed by atoms with van der Waals surface area (Å²) in [7, 11) is 0. The first-order chi connectivity index (χ1) is 8.04. The van der Waals surface area contributed by atoms with Gasteiger partial charge in [-0.1, -0.05) is 30.7 Å². The van der Waals surface area contributed by atoms with Gasteiger partial charge in [0.15, 0.2) is 0 Å². The summed E-state index contributed by atoms with van der Waals surface area (Å²) < 4.78 is 0. The van der Waals surface area contributed by atoms with Gasteiger partial charge in [-0.25, -0.2) is 0 Å². The average molecular weight is 255 g/mol. The molecule has 0 fully saturated rings. The first-order valence-electron chi connectivity index (χ1n) is 5.80. The van der Waals surface area contributed by atoms with Crippen LogP contribution in [0.2, 0.25) is 5.02 Å². The van der Waals surface area contributed by atoms with Crippen molar-refractivity contribution in [2.45, 2.75) is 26.3 Å². The zero-order valence-corrected chi connectivity index (χ0v) is 11.0. The third-order valence-electron chi connectivity index (χ3n) is 2.75. The van der Waals surface area contributed by atoms with Crippen LogP contribution in [-0.2, 0) is 4.79 Å². The zero-order chi connectivity index (χ0) is 12.8. The van der Waals surface area contributed by atoms with Gasteiger partial charge in [0.25, 0.3) is 0 Å². The Bertz CT molecular complexity index is 381. The van der Waals surface area contributed by atoms with Crippen LogP contribution in [0.3, 0.4) is 0 Å². The lowest BCUT2D eigenvalue weighted by molar-refractivity contribution is -0.125. The standard InChI is InChI=1S/C13H19ClN2O/c1-9(6-7-15)13(17)16-10(2)11-4-3-5-12(14)8-11/h3-5,8-10H,6-7,15H2,1-2H3,(H,16,17). The molecule has 0 heterocycles. The lowest BCUT2D eigenvalue weighted by atomic mass is 10.0. The minimum atomic E-state index is -0.0540. The fourth-order valence-corrected chi connectivity index (χ4v) is 1.79. The number of halogens is 1. The predicted octanol–water partition coefficient (Wildman–Crippen LogP) is 2.50. The largest absolute Gasteiger partial charge is 0.349 e. The van der Waals surface area contributed by atoms with Gasteiger partial charge in [0, 0.05) is 10.9 Å².